The first-order valence-electron chi connectivity index (χ1n) is 8.33. The van der Waals surface area contributed by atoms with E-state index >= 15 is 0 Å². The van der Waals surface area contributed by atoms with E-state index in [4.69, 9.17) is 16.3 Å². The lowest BCUT2D eigenvalue weighted by molar-refractivity contribution is 0.00693. The highest BCUT2D eigenvalue weighted by molar-refractivity contribution is 6.30. The third kappa shape index (κ3) is 5.30. The molecular formula is C20H23ClN2O3. The summed E-state index contributed by atoms with van der Waals surface area (Å²) in [4.78, 5) is 28.6. The molecule has 26 heavy (non-hydrogen) atoms. The van der Waals surface area contributed by atoms with Gasteiger partial charge in [0.25, 0.3) is 5.91 Å². The minimum absolute atomic E-state index is 0.242. The number of hydrogen-bond donors (Lipinski definition) is 1. The van der Waals surface area contributed by atoms with E-state index in [1.165, 1.54) is 6.20 Å². The number of amides is 1. The predicted octanol–water partition coefficient (Wildman–Crippen LogP) is 4.49. The van der Waals surface area contributed by atoms with Gasteiger partial charge in [0, 0.05) is 6.20 Å². The minimum Gasteiger partial charge on any atom is -0.456 e. The number of esters is 1. The highest BCUT2D eigenvalue weighted by Gasteiger charge is 2.19. The number of hydrogen-bond acceptors (Lipinski definition) is 4. The fraction of sp³-hybridized carbons (Fsp3) is 0.350. The van der Waals surface area contributed by atoms with E-state index in [9.17, 15) is 9.59 Å². The van der Waals surface area contributed by atoms with E-state index in [0.29, 0.717) is 21.8 Å². The van der Waals surface area contributed by atoms with Gasteiger partial charge in [0.05, 0.1) is 27.9 Å². The van der Waals surface area contributed by atoms with E-state index in [-0.39, 0.29) is 17.9 Å². The molecule has 1 aromatic heterocycles. The first-order chi connectivity index (χ1) is 12.1. The van der Waals surface area contributed by atoms with Gasteiger partial charge >= 0.3 is 5.97 Å². The van der Waals surface area contributed by atoms with Gasteiger partial charge in [0.1, 0.15) is 5.60 Å². The number of rotatable bonds is 4. The minimum atomic E-state index is -0.542. The fourth-order valence-corrected chi connectivity index (χ4v) is 2.50. The van der Waals surface area contributed by atoms with Crippen LogP contribution in [0.25, 0.3) is 0 Å². The van der Waals surface area contributed by atoms with Crippen molar-refractivity contribution in [2.24, 2.45) is 0 Å². The second-order valence-corrected chi connectivity index (χ2v) is 7.54. The Morgan fingerprint density at radius 1 is 1.19 bits per heavy atom. The van der Waals surface area contributed by atoms with Crippen molar-refractivity contribution < 1.29 is 14.3 Å². The summed E-state index contributed by atoms with van der Waals surface area (Å²) in [5, 5.41) is 3.33. The van der Waals surface area contributed by atoms with Crippen LogP contribution in [0.5, 0.6) is 0 Å². The number of benzene rings is 1. The van der Waals surface area contributed by atoms with Crippen molar-refractivity contribution in [1.29, 1.82) is 0 Å². The van der Waals surface area contributed by atoms with Gasteiger partial charge < -0.3 is 10.1 Å². The maximum absolute atomic E-state index is 12.4. The van der Waals surface area contributed by atoms with Crippen LogP contribution in [-0.4, -0.2) is 22.5 Å². The molecule has 0 radical (unpaired) electrons. The summed E-state index contributed by atoms with van der Waals surface area (Å²) in [7, 11) is 0. The monoisotopic (exact) mass is 374 g/mol. The molecule has 6 heteroatoms. The molecule has 2 rings (SSSR count). The Balaban J connectivity index is 2.08. The molecule has 1 N–H and O–H groups in total. The van der Waals surface area contributed by atoms with Crippen LogP contribution in [0.4, 0.5) is 0 Å². The summed E-state index contributed by atoms with van der Waals surface area (Å²) in [5.41, 5.74) is 1.85. The quantitative estimate of drug-likeness (QED) is 0.800. The summed E-state index contributed by atoms with van der Waals surface area (Å²) >= 11 is 5.92. The molecule has 138 valence electrons. The molecule has 1 aromatic carbocycles. The number of carbonyl (C=O) groups excluding carboxylic acids is 2. The number of nitrogens with one attached hydrogen (secondary N) is 1. The van der Waals surface area contributed by atoms with Crippen molar-refractivity contribution in [3.8, 4) is 0 Å². The Kier molecular flexibility index (Phi) is 6.03. The number of aromatic nitrogens is 1. The molecule has 0 unspecified atom stereocenters. The lowest BCUT2D eigenvalue weighted by Crippen LogP contribution is -2.27. The van der Waals surface area contributed by atoms with E-state index in [2.05, 4.69) is 10.3 Å². The molecule has 0 bridgehead atoms. The Hall–Kier alpha value is -2.40. The van der Waals surface area contributed by atoms with E-state index < -0.39 is 5.60 Å². The third-order valence-electron chi connectivity index (χ3n) is 3.69. The van der Waals surface area contributed by atoms with E-state index in [0.717, 1.165) is 5.56 Å². The fourth-order valence-electron chi connectivity index (χ4n) is 2.34. The molecule has 0 aliphatic heterocycles. The molecule has 0 fully saturated rings. The second-order valence-electron chi connectivity index (χ2n) is 7.11. The number of ether oxygens (including phenoxy) is 1. The summed E-state index contributed by atoms with van der Waals surface area (Å²) in [6.45, 7) is 9.09. The maximum atomic E-state index is 12.4. The zero-order valence-corrected chi connectivity index (χ0v) is 16.3. The lowest BCUT2D eigenvalue weighted by Gasteiger charge is -2.20. The van der Waals surface area contributed by atoms with Gasteiger partial charge in [-0.25, -0.2) is 4.79 Å². The molecule has 5 nitrogen and oxygen atoms in total. The molecule has 0 saturated heterocycles. The van der Waals surface area contributed by atoms with Crippen molar-refractivity contribution in [1.82, 2.24) is 10.3 Å². The predicted molar refractivity (Wildman–Crippen MR) is 101 cm³/mol. The molecule has 1 heterocycles. The van der Waals surface area contributed by atoms with Gasteiger partial charge in [0.15, 0.2) is 0 Å². The zero-order chi connectivity index (χ0) is 19.5. The average Bonchev–Trinajstić information content (AvgIpc) is 2.55. The first kappa shape index (κ1) is 19.9. The van der Waals surface area contributed by atoms with Gasteiger partial charge in [0.2, 0.25) is 0 Å². The zero-order valence-electron chi connectivity index (χ0n) is 15.6. The van der Waals surface area contributed by atoms with Crippen LogP contribution in [0.2, 0.25) is 5.02 Å². The number of nitrogens with zero attached hydrogens (tertiary/aromatic N) is 1. The van der Waals surface area contributed by atoms with E-state index in [1.54, 1.807) is 37.3 Å². The standard InChI is InChI=1S/C20H23ClN2O3/c1-12(23-18(24)17-10-16(21)11-22-13(17)2)14-6-8-15(9-7-14)19(25)26-20(3,4)5/h6-12H,1-5H3,(H,23,24)/t12-/m0/s1. The second kappa shape index (κ2) is 7.87. The van der Waals surface area contributed by atoms with Crippen molar-refractivity contribution in [3.63, 3.8) is 0 Å². The average molecular weight is 375 g/mol. The van der Waals surface area contributed by atoms with Crippen molar-refractivity contribution in [2.45, 2.75) is 46.3 Å². The molecule has 1 amide bonds. The Bertz CT molecular complexity index is 811. The first-order valence-corrected chi connectivity index (χ1v) is 8.71. The van der Waals surface area contributed by atoms with Gasteiger partial charge in [-0.3, -0.25) is 9.78 Å². The summed E-state index contributed by atoms with van der Waals surface area (Å²) in [6, 6.07) is 8.34. The largest absolute Gasteiger partial charge is 0.456 e. The van der Waals surface area contributed by atoms with Crippen LogP contribution < -0.4 is 5.32 Å². The molecule has 0 aliphatic rings. The molecule has 0 saturated carbocycles. The molecular weight excluding hydrogens is 352 g/mol. The van der Waals surface area contributed by atoms with Crippen LogP contribution in [0.3, 0.4) is 0 Å². The van der Waals surface area contributed by atoms with Crippen LogP contribution in [0.15, 0.2) is 36.5 Å². The SMILES string of the molecule is Cc1ncc(Cl)cc1C(=O)N[C@@H](C)c1ccc(C(=O)OC(C)(C)C)cc1. The molecule has 1 atom stereocenters. The molecule has 2 aromatic rings. The Morgan fingerprint density at radius 3 is 2.38 bits per heavy atom. The Labute approximate surface area is 158 Å². The summed E-state index contributed by atoms with van der Waals surface area (Å²) in [6.07, 6.45) is 1.51. The Morgan fingerprint density at radius 2 is 1.81 bits per heavy atom. The number of carbonyl (C=O) groups is 2. The highest BCUT2D eigenvalue weighted by atomic mass is 35.5. The van der Waals surface area contributed by atoms with Crippen molar-refractivity contribution >= 4 is 23.5 Å². The third-order valence-corrected chi connectivity index (χ3v) is 3.90. The van der Waals surface area contributed by atoms with Crippen LogP contribution >= 0.6 is 11.6 Å². The van der Waals surface area contributed by atoms with Crippen molar-refractivity contribution in [2.75, 3.05) is 0 Å². The van der Waals surface area contributed by atoms with Crippen LogP contribution in [-0.2, 0) is 4.74 Å². The van der Waals surface area contributed by atoms with Crippen molar-refractivity contribution in [3.05, 3.63) is 63.9 Å². The van der Waals surface area contributed by atoms with Gasteiger partial charge in [-0.15, -0.1) is 0 Å². The maximum Gasteiger partial charge on any atom is 0.338 e. The molecule has 0 aliphatic carbocycles. The van der Waals surface area contributed by atoms with Gasteiger partial charge in [-0.2, -0.15) is 0 Å². The topological polar surface area (TPSA) is 68.3 Å². The van der Waals surface area contributed by atoms with Crippen LogP contribution in [0.1, 0.15) is 65.7 Å². The molecule has 0 spiro atoms. The summed E-state index contributed by atoms with van der Waals surface area (Å²) < 4.78 is 5.34. The lowest BCUT2D eigenvalue weighted by atomic mass is 10.0. The van der Waals surface area contributed by atoms with E-state index in [1.807, 2.05) is 27.7 Å². The summed E-state index contributed by atoms with van der Waals surface area (Å²) in [5.74, 6) is -0.623. The highest BCUT2D eigenvalue weighted by Crippen LogP contribution is 2.18. The number of halogens is 1. The number of aryl methyl sites for hydroxylation is 1. The van der Waals surface area contributed by atoms with Gasteiger partial charge in [-0.1, -0.05) is 23.7 Å². The normalized spacial score (nSPS) is 12.4. The van der Waals surface area contributed by atoms with Gasteiger partial charge in [-0.05, 0) is 58.4 Å². The smallest absolute Gasteiger partial charge is 0.338 e. The number of pyridine rings is 1. The van der Waals surface area contributed by atoms with Crippen LogP contribution in [0, 0.1) is 6.92 Å².